The van der Waals surface area contributed by atoms with E-state index < -0.39 is 4.92 Å². The first-order chi connectivity index (χ1) is 9.51. The number of halogens is 1. The van der Waals surface area contributed by atoms with Gasteiger partial charge in [0.05, 0.1) is 4.92 Å². The van der Waals surface area contributed by atoms with Gasteiger partial charge in [0.25, 0.3) is 0 Å². The lowest BCUT2D eigenvalue weighted by molar-refractivity contribution is -0.385. The van der Waals surface area contributed by atoms with Crippen LogP contribution in [0.1, 0.15) is 16.7 Å². The van der Waals surface area contributed by atoms with Gasteiger partial charge in [0.2, 0.25) is 5.75 Å². The Morgan fingerprint density at radius 2 is 1.90 bits per heavy atom. The molecule has 0 aliphatic heterocycles. The normalized spacial score (nSPS) is 10.3. The van der Waals surface area contributed by atoms with Gasteiger partial charge in [-0.1, -0.05) is 34.1 Å². The monoisotopic (exact) mass is 335 g/mol. The third kappa shape index (κ3) is 3.17. The van der Waals surface area contributed by atoms with E-state index in [1.165, 1.54) is 6.07 Å². The summed E-state index contributed by atoms with van der Waals surface area (Å²) in [6, 6.07) is 10.6. The van der Waals surface area contributed by atoms with Crippen molar-refractivity contribution in [1.29, 1.82) is 0 Å². The van der Waals surface area contributed by atoms with Crippen LogP contribution in [-0.4, -0.2) is 4.92 Å². The van der Waals surface area contributed by atoms with Gasteiger partial charge in [-0.2, -0.15) is 0 Å². The van der Waals surface area contributed by atoms with E-state index in [1.54, 1.807) is 12.1 Å². The van der Waals surface area contributed by atoms with Gasteiger partial charge < -0.3 is 4.74 Å². The van der Waals surface area contributed by atoms with E-state index in [-0.39, 0.29) is 11.4 Å². The topological polar surface area (TPSA) is 52.4 Å². The van der Waals surface area contributed by atoms with Gasteiger partial charge in [-0.15, -0.1) is 0 Å². The highest BCUT2D eigenvalue weighted by Gasteiger charge is 2.16. The molecule has 0 amide bonds. The minimum atomic E-state index is -0.434. The minimum absolute atomic E-state index is 0.0282. The van der Waals surface area contributed by atoms with Crippen LogP contribution in [0.4, 0.5) is 5.69 Å². The van der Waals surface area contributed by atoms with Crippen LogP contribution in [0.25, 0.3) is 0 Å². The SMILES string of the molecule is Cc1ccc([N+](=O)[O-])c(Oc2ccc(CBr)cc2C)c1. The Labute approximate surface area is 125 Å². The largest absolute Gasteiger partial charge is 0.450 e. The Hall–Kier alpha value is -1.88. The van der Waals surface area contributed by atoms with Crippen molar-refractivity contribution in [3.8, 4) is 11.5 Å². The maximum absolute atomic E-state index is 11.0. The van der Waals surface area contributed by atoms with Gasteiger partial charge in [-0.3, -0.25) is 10.1 Å². The summed E-state index contributed by atoms with van der Waals surface area (Å²) in [5.41, 5.74) is 2.96. The second-order valence-corrected chi connectivity index (χ2v) is 5.12. The minimum Gasteiger partial charge on any atom is -0.450 e. The van der Waals surface area contributed by atoms with Crippen molar-refractivity contribution in [3.05, 3.63) is 63.2 Å². The lowest BCUT2D eigenvalue weighted by atomic mass is 10.1. The Morgan fingerprint density at radius 1 is 1.15 bits per heavy atom. The third-order valence-corrected chi connectivity index (χ3v) is 3.57. The molecule has 0 saturated heterocycles. The summed E-state index contributed by atoms with van der Waals surface area (Å²) in [6.45, 7) is 3.79. The van der Waals surface area contributed by atoms with Crippen molar-refractivity contribution in [1.82, 2.24) is 0 Å². The summed E-state index contributed by atoms with van der Waals surface area (Å²) in [5.74, 6) is 0.896. The van der Waals surface area contributed by atoms with E-state index in [0.717, 1.165) is 22.0 Å². The van der Waals surface area contributed by atoms with Gasteiger partial charge in [0.15, 0.2) is 0 Å². The molecule has 0 N–H and O–H groups in total. The molecule has 4 nitrogen and oxygen atoms in total. The first kappa shape index (κ1) is 14.5. The number of hydrogen-bond acceptors (Lipinski definition) is 3. The molecule has 20 heavy (non-hydrogen) atoms. The molecule has 2 aromatic carbocycles. The summed E-state index contributed by atoms with van der Waals surface area (Å²) < 4.78 is 5.72. The first-order valence-corrected chi connectivity index (χ1v) is 7.22. The molecule has 2 rings (SSSR count). The number of nitro benzene ring substituents is 1. The van der Waals surface area contributed by atoms with Gasteiger partial charge in [-0.25, -0.2) is 0 Å². The van der Waals surface area contributed by atoms with Crippen LogP contribution in [0.2, 0.25) is 0 Å². The van der Waals surface area contributed by atoms with Crippen LogP contribution in [-0.2, 0) is 5.33 Å². The third-order valence-electron chi connectivity index (χ3n) is 2.93. The number of nitro groups is 1. The number of alkyl halides is 1. The van der Waals surface area contributed by atoms with Crippen LogP contribution >= 0.6 is 15.9 Å². The summed E-state index contributed by atoms with van der Waals surface area (Å²) in [4.78, 5) is 10.6. The molecule has 0 spiro atoms. The van der Waals surface area contributed by atoms with E-state index in [9.17, 15) is 10.1 Å². The van der Waals surface area contributed by atoms with Gasteiger partial charge >= 0.3 is 5.69 Å². The average molecular weight is 336 g/mol. The van der Waals surface area contributed by atoms with Crippen LogP contribution in [0.5, 0.6) is 11.5 Å². The number of benzene rings is 2. The number of hydrogen-bond donors (Lipinski definition) is 0. The molecule has 0 unspecified atom stereocenters. The molecule has 2 aromatic rings. The molecular weight excluding hydrogens is 322 g/mol. The molecule has 0 aromatic heterocycles. The molecule has 0 aliphatic rings. The highest BCUT2D eigenvalue weighted by molar-refractivity contribution is 9.08. The van der Waals surface area contributed by atoms with Crippen molar-refractivity contribution in [2.45, 2.75) is 19.2 Å². The van der Waals surface area contributed by atoms with Crippen LogP contribution in [0.3, 0.4) is 0 Å². The first-order valence-electron chi connectivity index (χ1n) is 6.09. The standard InChI is InChI=1S/C15H14BrNO3/c1-10-3-5-13(17(18)19)15(7-10)20-14-6-4-12(9-16)8-11(14)2/h3-8H,9H2,1-2H3. The fourth-order valence-corrected chi connectivity index (χ4v) is 2.23. The van der Waals surface area contributed by atoms with Crippen molar-refractivity contribution >= 4 is 21.6 Å². The molecule has 104 valence electrons. The number of nitrogens with zero attached hydrogens (tertiary/aromatic N) is 1. The lowest BCUT2D eigenvalue weighted by Gasteiger charge is -2.10. The van der Waals surface area contributed by atoms with Gasteiger partial charge in [0, 0.05) is 11.4 Å². The summed E-state index contributed by atoms with van der Waals surface area (Å²) in [6.07, 6.45) is 0. The molecule has 0 radical (unpaired) electrons. The summed E-state index contributed by atoms with van der Waals surface area (Å²) in [7, 11) is 0. The van der Waals surface area contributed by atoms with Crippen LogP contribution in [0.15, 0.2) is 36.4 Å². The van der Waals surface area contributed by atoms with Crippen LogP contribution < -0.4 is 4.74 Å². The second kappa shape index (κ2) is 6.05. The molecule has 0 atom stereocenters. The van der Waals surface area contributed by atoms with Gasteiger partial charge in [-0.05, 0) is 42.7 Å². The number of ether oxygens (including phenoxy) is 1. The molecular formula is C15H14BrNO3. The van der Waals surface area contributed by atoms with Gasteiger partial charge in [0.1, 0.15) is 5.75 Å². The van der Waals surface area contributed by atoms with Crippen molar-refractivity contribution in [3.63, 3.8) is 0 Å². The van der Waals surface area contributed by atoms with Crippen molar-refractivity contribution in [2.75, 3.05) is 0 Å². The maximum Gasteiger partial charge on any atom is 0.311 e. The lowest BCUT2D eigenvalue weighted by Crippen LogP contribution is -1.95. The summed E-state index contributed by atoms with van der Waals surface area (Å²) in [5, 5.41) is 11.8. The zero-order valence-corrected chi connectivity index (χ0v) is 12.8. The molecule has 0 heterocycles. The number of rotatable bonds is 4. The van der Waals surface area contributed by atoms with Crippen molar-refractivity contribution in [2.24, 2.45) is 0 Å². The predicted molar refractivity (Wildman–Crippen MR) is 81.7 cm³/mol. The Kier molecular flexibility index (Phi) is 4.39. The average Bonchev–Trinajstić information content (AvgIpc) is 2.40. The van der Waals surface area contributed by atoms with E-state index in [4.69, 9.17) is 4.74 Å². The Morgan fingerprint density at radius 3 is 2.50 bits per heavy atom. The Balaban J connectivity index is 2.39. The fraction of sp³-hybridized carbons (Fsp3) is 0.200. The second-order valence-electron chi connectivity index (χ2n) is 4.56. The van der Waals surface area contributed by atoms with E-state index >= 15 is 0 Å². The molecule has 5 heteroatoms. The zero-order valence-electron chi connectivity index (χ0n) is 11.2. The highest BCUT2D eigenvalue weighted by Crippen LogP contribution is 2.33. The number of aryl methyl sites for hydroxylation is 2. The highest BCUT2D eigenvalue weighted by atomic mass is 79.9. The molecule has 0 bridgehead atoms. The zero-order chi connectivity index (χ0) is 14.7. The van der Waals surface area contributed by atoms with Crippen molar-refractivity contribution < 1.29 is 9.66 Å². The van der Waals surface area contributed by atoms with E-state index in [2.05, 4.69) is 15.9 Å². The van der Waals surface area contributed by atoms with E-state index in [0.29, 0.717) is 5.75 Å². The predicted octanol–water partition coefficient (Wildman–Crippen LogP) is 4.90. The maximum atomic E-state index is 11.0. The molecule has 0 fully saturated rings. The molecule has 0 aliphatic carbocycles. The molecule has 0 saturated carbocycles. The van der Waals surface area contributed by atoms with Crippen LogP contribution in [0, 0.1) is 24.0 Å². The van der Waals surface area contributed by atoms with E-state index in [1.807, 2.05) is 32.0 Å². The smallest absolute Gasteiger partial charge is 0.311 e. The summed E-state index contributed by atoms with van der Waals surface area (Å²) >= 11 is 3.39. The Bertz CT molecular complexity index is 656. The quantitative estimate of drug-likeness (QED) is 0.453. The fourth-order valence-electron chi connectivity index (χ4n) is 1.88.